The van der Waals surface area contributed by atoms with Crippen LogP contribution in [0.2, 0.25) is 0 Å². The minimum absolute atomic E-state index is 0.0525. The van der Waals surface area contributed by atoms with Gasteiger partial charge in [0.1, 0.15) is 5.01 Å². The molecule has 2 aliphatic rings. The quantitative estimate of drug-likeness (QED) is 0.619. The van der Waals surface area contributed by atoms with Crippen molar-refractivity contribution in [3.8, 4) is 10.6 Å². The van der Waals surface area contributed by atoms with Gasteiger partial charge in [0.05, 0.1) is 16.6 Å². The summed E-state index contributed by atoms with van der Waals surface area (Å²) in [6.07, 6.45) is 0.233. The Bertz CT molecular complexity index is 1110. The highest BCUT2D eigenvalue weighted by Gasteiger charge is 2.31. The highest BCUT2D eigenvalue weighted by Crippen LogP contribution is 2.36. The first-order valence-corrected chi connectivity index (χ1v) is 12.5. The van der Waals surface area contributed by atoms with E-state index in [1.165, 1.54) is 11.8 Å². The van der Waals surface area contributed by atoms with Gasteiger partial charge in [-0.15, -0.1) is 23.1 Å². The number of fused-ring (bicyclic) bond motifs is 1. The third kappa shape index (κ3) is 4.72. The number of nitrogens with one attached hydrogen (secondary N) is 1. The molecule has 1 unspecified atom stereocenters. The van der Waals surface area contributed by atoms with Crippen molar-refractivity contribution in [2.45, 2.75) is 23.1 Å². The molecule has 1 N–H and O–H groups in total. The Hall–Kier alpha value is -2.68. The molecule has 1 atom stereocenters. The molecule has 0 bridgehead atoms. The number of nitrogens with zero attached hydrogens (tertiary/aromatic N) is 3. The molecular formula is C24H24N4O2S2. The van der Waals surface area contributed by atoms with Gasteiger partial charge < -0.3 is 10.2 Å². The Balaban J connectivity index is 1.12. The Morgan fingerprint density at radius 3 is 2.59 bits per heavy atom. The van der Waals surface area contributed by atoms with Gasteiger partial charge in [-0.3, -0.25) is 14.5 Å². The topological polar surface area (TPSA) is 65.5 Å². The van der Waals surface area contributed by atoms with Gasteiger partial charge in [-0.25, -0.2) is 4.98 Å². The first-order chi connectivity index (χ1) is 15.7. The van der Waals surface area contributed by atoms with Crippen LogP contribution in [0.3, 0.4) is 0 Å². The lowest BCUT2D eigenvalue weighted by molar-refractivity contribution is -0.134. The van der Waals surface area contributed by atoms with E-state index in [9.17, 15) is 9.59 Å². The largest absolute Gasteiger partial charge is 0.340 e. The number of anilines is 1. The van der Waals surface area contributed by atoms with E-state index in [0.717, 1.165) is 46.5 Å². The number of para-hydroxylation sites is 1. The second-order valence-electron chi connectivity index (χ2n) is 7.96. The minimum Gasteiger partial charge on any atom is -0.340 e. The number of carbonyl (C=O) groups is 2. The number of carbonyl (C=O) groups excluding carboxylic acids is 2. The molecule has 1 fully saturated rings. The lowest BCUT2D eigenvalue weighted by Gasteiger charge is -2.35. The maximum absolute atomic E-state index is 12.9. The van der Waals surface area contributed by atoms with Gasteiger partial charge in [0, 0.05) is 55.0 Å². The predicted octanol–water partition coefficient (Wildman–Crippen LogP) is 3.96. The molecule has 3 aromatic rings. The van der Waals surface area contributed by atoms with E-state index in [1.807, 2.05) is 47.4 Å². The van der Waals surface area contributed by atoms with Crippen molar-refractivity contribution in [2.24, 2.45) is 0 Å². The fraction of sp³-hybridized carbons (Fsp3) is 0.292. The molecule has 0 aliphatic carbocycles. The molecule has 1 saturated heterocycles. The predicted molar refractivity (Wildman–Crippen MR) is 129 cm³/mol. The number of thioether (sulfide) groups is 1. The standard InChI is InChI=1S/C24H24N4O2S2/c29-22(14-21-23(30)26-19-8-4-5-9-20(19)32-21)28-12-10-27(11-13-28)15-18-16-31-24(25-18)17-6-2-1-3-7-17/h1-9,16,21H,10-15H2,(H,26,30). The average Bonchev–Trinajstić information content (AvgIpc) is 3.29. The highest BCUT2D eigenvalue weighted by atomic mass is 32.2. The van der Waals surface area contributed by atoms with Gasteiger partial charge >= 0.3 is 0 Å². The van der Waals surface area contributed by atoms with Crippen LogP contribution in [0.25, 0.3) is 10.6 Å². The van der Waals surface area contributed by atoms with Gasteiger partial charge in [-0.1, -0.05) is 42.5 Å². The van der Waals surface area contributed by atoms with Crippen molar-refractivity contribution in [1.82, 2.24) is 14.8 Å². The van der Waals surface area contributed by atoms with Crippen LogP contribution in [0.4, 0.5) is 5.69 Å². The second-order valence-corrected chi connectivity index (χ2v) is 10.1. The normalized spacial score (nSPS) is 18.8. The van der Waals surface area contributed by atoms with Crippen molar-refractivity contribution in [3.05, 3.63) is 65.7 Å². The van der Waals surface area contributed by atoms with Gasteiger partial charge in [0.15, 0.2) is 0 Å². The van der Waals surface area contributed by atoms with Crippen LogP contribution in [-0.2, 0) is 16.1 Å². The van der Waals surface area contributed by atoms with E-state index in [1.54, 1.807) is 11.3 Å². The van der Waals surface area contributed by atoms with Crippen molar-refractivity contribution in [3.63, 3.8) is 0 Å². The van der Waals surface area contributed by atoms with Crippen molar-refractivity contribution in [1.29, 1.82) is 0 Å². The SMILES string of the molecule is O=C1Nc2ccccc2SC1CC(=O)N1CCN(Cc2csc(-c3ccccc3)n2)CC1. The molecule has 6 nitrogen and oxygen atoms in total. The van der Waals surface area contributed by atoms with E-state index < -0.39 is 0 Å². The molecule has 1 aromatic heterocycles. The number of hydrogen-bond donors (Lipinski definition) is 1. The van der Waals surface area contributed by atoms with Gasteiger partial charge in [0.2, 0.25) is 11.8 Å². The second kappa shape index (κ2) is 9.44. The first-order valence-electron chi connectivity index (χ1n) is 10.7. The van der Waals surface area contributed by atoms with Crippen LogP contribution in [0.5, 0.6) is 0 Å². The number of piperazine rings is 1. The van der Waals surface area contributed by atoms with Crippen LogP contribution in [0, 0.1) is 0 Å². The van der Waals surface area contributed by atoms with E-state index >= 15 is 0 Å². The highest BCUT2D eigenvalue weighted by molar-refractivity contribution is 8.01. The van der Waals surface area contributed by atoms with Gasteiger partial charge in [-0.05, 0) is 12.1 Å². The molecule has 164 valence electrons. The van der Waals surface area contributed by atoms with Crippen molar-refractivity contribution >= 4 is 40.6 Å². The summed E-state index contributed by atoms with van der Waals surface area (Å²) in [5.74, 6) is -0.0323. The number of benzene rings is 2. The van der Waals surface area contributed by atoms with E-state index in [0.29, 0.717) is 13.1 Å². The van der Waals surface area contributed by atoms with Crippen LogP contribution < -0.4 is 5.32 Å². The molecule has 8 heteroatoms. The number of thiazole rings is 1. The summed E-state index contributed by atoms with van der Waals surface area (Å²) in [4.78, 5) is 35.3. The molecule has 32 heavy (non-hydrogen) atoms. The third-order valence-electron chi connectivity index (χ3n) is 5.75. The van der Waals surface area contributed by atoms with Crippen LogP contribution >= 0.6 is 23.1 Å². The van der Waals surface area contributed by atoms with E-state index in [2.05, 4.69) is 27.7 Å². The first kappa shape index (κ1) is 21.2. The fourth-order valence-electron chi connectivity index (χ4n) is 3.99. The van der Waals surface area contributed by atoms with E-state index in [-0.39, 0.29) is 23.5 Å². The monoisotopic (exact) mass is 464 g/mol. The van der Waals surface area contributed by atoms with Crippen LogP contribution in [0.1, 0.15) is 12.1 Å². The van der Waals surface area contributed by atoms with Gasteiger partial charge in [0.25, 0.3) is 0 Å². The Morgan fingerprint density at radius 1 is 1.03 bits per heavy atom. The summed E-state index contributed by atoms with van der Waals surface area (Å²) in [7, 11) is 0. The average molecular weight is 465 g/mol. The van der Waals surface area contributed by atoms with Crippen LogP contribution in [-0.4, -0.2) is 58.0 Å². The minimum atomic E-state index is -0.373. The van der Waals surface area contributed by atoms with Crippen molar-refractivity contribution in [2.75, 3.05) is 31.5 Å². The summed E-state index contributed by atoms with van der Waals surface area (Å²) in [6, 6.07) is 18.0. The zero-order chi connectivity index (χ0) is 21.9. The zero-order valence-corrected chi connectivity index (χ0v) is 19.2. The fourth-order valence-corrected chi connectivity index (χ4v) is 5.91. The van der Waals surface area contributed by atoms with E-state index in [4.69, 9.17) is 4.98 Å². The molecule has 2 amide bonds. The summed E-state index contributed by atoms with van der Waals surface area (Å²) in [5, 5.41) is 5.71. The molecule has 5 rings (SSSR count). The molecule has 0 spiro atoms. The lowest BCUT2D eigenvalue weighted by Crippen LogP contribution is -2.49. The third-order valence-corrected chi connectivity index (χ3v) is 7.97. The van der Waals surface area contributed by atoms with Crippen LogP contribution in [0.15, 0.2) is 64.9 Å². The lowest BCUT2D eigenvalue weighted by atomic mass is 10.2. The number of amides is 2. The molecule has 0 radical (unpaired) electrons. The zero-order valence-electron chi connectivity index (χ0n) is 17.6. The van der Waals surface area contributed by atoms with Crippen molar-refractivity contribution < 1.29 is 9.59 Å². The molecule has 2 aliphatic heterocycles. The number of hydrogen-bond acceptors (Lipinski definition) is 6. The summed E-state index contributed by atoms with van der Waals surface area (Å²) >= 11 is 3.15. The maximum Gasteiger partial charge on any atom is 0.238 e. The van der Waals surface area contributed by atoms with Gasteiger partial charge in [-0.2, -0.15) is 0 Å². The molecule has 0 saturated carbocycles. The molecule has 2 aromatic carbocycles. The molecule has 3 heterocycles. The number of rotatable bonds is 5. The molecular weight excluding hydrogens is 440 g/mol. The Morgan fingerprint density at radius 2 is 1.78 bits per heavy atom. The number of aromatic nitrogens is 1. The Kier molecular flexibility index (Phi) is 6.25. The smallest absolute Gasteiger partial charge is 0.238 e. The summed E-state index contributed by atoms with van der Waals surface area (Å²) < 4.78 is 0. The summed E-state index contributed by atoms with van der Waals surface area (Å²) in [5.41, 5.74) is 3.05. The summed E-state index contributed by atoms with van der Waals surface area (Å²) in [6.45, 7) is 3.80. The Labute approximate surface area is 195 Å². The maximum atomic E-state index is 12.9.